The van der Waals surface area contributed by atoms with Gasteiger partial charge in [-0.2, -0.15) is 0 Å². The zero-order valence-electron chi connectivity index (χ0n) is 13.0. The summed E-state index contributed by atoms with van der Waals surface area (Å²) in [6.07, 6.45) is 0. The van der Waals surface area contributed by atoms with Gasteiger partial charge >= 0.3 is 6.03 Å². The zero-order valence-corrected chi connectivity index (χ0v) is 13.0. The molecule has 21 heavy (non-hydrogen) atoms. The van der Waals surface area contributed by atoms with Gasteiger partial charge in [0.25, 0.3) is 0 Å². The Morgan fingerprint density at radius 1 is 1.38 bits per heavy atom. The summed E-state index contributed by atoms with van der Waals surface area (Å²) in [6, 6.07) is 7.60. The lowest BCUT2D eigenvalue weighted by Gasteiger charge is -2.28. The van der Waals surface area contributed by atoms with Crippen LogP contribution in [0.1, 0.15) is 26.5 Å². The van der Waals surface area contributed by atoms with E-state index in [2.05, 4.69) is 10.3 Å². The number of anilines is 1. The van der Waals surface area contributed by atoms with Gasteiger partial charge in [0.1, 0.15) is 0 Å². The molecule has 0 aliphatic rings. The molecule has 0 bridgehead atoms. The van der Waals surface area contributed by atoms with Crippen molar-refractivity contribution in [2.75, 3.05) is 18.4 Å². The fraction of sp³-hybridized carbons (Fsp3) is 0.438. The first kappa shape index (κ1) is 15.4. The second-order valence-electron chi connectivity index (χ2n) is 6.01. The average Bonchev–Trinajstić information content (AvgIpc) is 2.74. The van der Waals surface area contributed by atoms with Crippen molar-refractivity contribution in [3.05, 3.63) is 30.0 Å². The van der Waals surface area contributed by atoms with Gasteiger partial charge in [-0.3, -0.25) is 0 Å². The number of fused-ring (bicyclic) bond motifs is 1. The molecular formula is C16H23N3O2. The third kappa shape index (κ3) is 3.98. The minimum atomic E-state index is -0.908. The molecule has 0 fully saturated rings. The number of aryl methyl sites for hydroxylation is 1. The number of aromatic nitrogens is 1. The van der Waals surface area contributed by atoms with E-state index in [4.69, 9.17) is 0 Å². The minimum Gasteiger partial charge on any atom is -0.389 e. The van der Waals surface area contributed by atoms with Crippen LogP contribution in [-0.4, -0.2) is 39.7 Å². The van der Waals surface area contributed by atoms with Crippen LogP contribution in [0.25, 0.3) is 10.9 Å². The Morgan fingerprint density at radius 3 is 2.71 bits per heavy atom. The van der Waals surface area contributed by atoms with Crippen molar-refractivity contribution in [1.82, 2.24) is 9.88 Å². The van der Waals surface area contributed by atoms with Crippen LogP contribution in [0.2, 0.25) is 0 Å². The normalized spacial score (nSPS) is 11.7. The van der Waals surface area contributed by atoms with Crippen LogP contribution < -0.4 is 5.32 Å². The Hall–Kier alpha value is -2.01. The van der Waals surface area contributed by atoms with E-state index in [0.717, 1.165) is 22.3 Å². The predicted molar refractivity (Wildman–Crippen MR) is 85.6 cm³/mol. The zero-order chi connectivity index (χ0) is 15.6. The number of H-pyrrole nitrogens is 1. The number of urea groups is 1. The summed E-state index contributed by atoms with van der Waals surface area (Å²) < 4.78 is 0. The number of hydrogen-bond acceptors (Lipinski definition) is 2. The molecule has 5 heteroatoms. The molecule has 0 saturated carbocycles. The van der Waals surface area contributed by atoms with Crippen LogP contribution in [-0.2, 0) is 0 Å². The second kappa shape index (κ2) is 5.77. The highest BCUT2D eigenvalue weighted by molar-refractivity contribution is 5.93. The number of likely N-dealkylation sites (N-methyl/N-ethyl adjacent to an activating group) is 1. The topological polar surface area (TPSA) is 68.4 Å². The van der Waals surface area contributed by atoms with Gasteiger partial charge in [-0.05, 0) is 52.0 Å². The van der Waals surface area contributed by atoms with Gasteiger partial charge in [-0.1, -0.05) is 0 Å². The van der Waals surface area contributed by atoms with Crippen molar-refractivity contribution in [2.45, 2.75) is 33.3 Å². The number of nitrogens with one attached hydrogen (secondary N) is 2. The maximum atomic E-state index is 12.3. The van der Waals surface area contributed by atoms with Gasteiger partial charge in [-0.25, -0.2) is 4.79 Å². The first-order chi connectivity index (χ1) is 9.78. The van der Waals surface area contributed by atoms with E-state index in [0.29, 0.717) is 13.1 Å². The molecule has 0 aliphatic carbocycles. The summed E-state index contributed by atoms with van der Waals surface area (Å²) >= 11 is 0. The van der Waals surface area contributed by atoms with Crippen molar-refractivity contribution in [2.24, 2.45) is 0 Å². The number of nitrogens with zero attached hydrogens (tertiary/aromatic N) is 1. The molecule has 2 rings (SSSR count). The molecule has 0 atom stereocenters. The second-order valence-corrected chi connectivity index (χ2v) is 6.01. The van der Waals surface area contributed by atoms with Crippen LogP contribution in [0.3, 0.4) is 0 Å². The maximum absolute atomic E-state index is 12.3. The van der Waals surface area contributed by atoms with E-state index in [9.17, 15) is 9.90 Å². The molecule has 1 aromatic heterocycles. The summed E-state index contributed by atoms with van der Waals surface area (Å²) in [7, 11) is 0. The van der Waals surface area contributed by atoms with Gasteiger partial charge in [0.05, 0.1) is 12.1 Å². The van der Waals surface area contributed by atoms with Crippen molar-refractivity contribution < 1.29 is 9.90 Å². The number of aromatic amines is 1. The summed E-state index contributed by atoms with van der Waals surface area (Å²) in [4.78, 5) is 17.1. The lowest BCUT2D eigenvalue weighted by Crippen LogP contribution is -2.44. The molecule has 0 radical (unpaired) electrons. The number of benzene rings is 1. The Kier molecular flexibility index (Phi) is 4.23. The molecule has 5 nitrogen and oxygen atoms in total. The molecule has 0 aliphatic heterocycles. The third-order valence-electron chi connectivity index (χ3n) is 3.25. The fourth-order valence-corrected chi connectivity index (χ4v) is 2.35. The Balaban J connectivity index is 2.12. The van der Waals surface area contributed by atoms with Crippen molar-refractivity contribution in [3.8, 4) is 0 Å². The molecular weight excluding hydrogens is 266 g/mol. The summed E-state index contributed by atoms with van der Waals surface area (Å²) in [5, 5.41) is 13.8. The number of aliphatic hydroxyl groups is 1. The molecule has 2 amide bonds. The van der Waals surface area contributed by atoms with Gasteiger partial charge in [-0.15, -0.1) is 0 Å². The summed E-state index contributed by atoms with van der Waals surface area (Å²) in [6.45, 7) is 8.11. The number of amides is 2. The van der Waals surface area contributed by atoms with Crippen LogP contribution in [0, 0.1) is 6.92 Å². The van der Waals surface area contributed by atoms with E-state index in [1.165, 1.54) is 0 Å². The largest absolute Gasteiger partial charge is 0.389 e. The van der Waals surface area contributed by atoms with E-state index < -0.39 is 5.60 Å². The molecule has 0 saturated heterocycles. The first-order valence-electron chi connectivity index (χ1n) is 7.16. The average molecular weight is 289 g/mol. The Labute approximate surface area is 125 Å². The minimum absolute atomic E-state index is 0.203. The molecule has 0 unspecified atom stereocenters. The van der Waals surface area contributed by atoms with E-state index in [-0.39, 0.29) is 6.03 Å². The molecule has 114 valence electrons. The van der Waals surface area contributed by atoms with E-state index in [1.54, 1.807) is 18.7 Å². The number of hydrogen-bond donors (Lipinski definition) is 3. The fourth-order valence-electron chi connectivity index (χ4n) is 2.35. The number of carbonyl (C=O) groups is 1. The monoisotopic (exact) mass is 289 g/mol. The molecule has 0 spiro atoms. The lowest BCUT2D eigenvalue weighted by molar-refractivity contribution is 0.0501. The van der Waals surface area contributed by atoms with Gasteiger partial charge in [0.2, 0.25) is 0 Å². The van der Waals surface area contributed by atoms with Crippen LogP contribution in [0.4, 0.5) is 10.5 Å². The first-order valence-corrected chi connectivity index (χ1v) is 7.16. The standard InChI is InChI=1S/C16H23N3O2/c1-5-19(10-16(3,4)21)15(20)18-13-6-7-14-12(9-13)8-11(2)17-14/h6-9,17,21H,5,10H2,1-4H3,(H,18,20). The molecule has 1 heterocycles. The summed E-state index contributed by atoms with van der Waals surface area (Å²) in [5.74, 6) is 0. The predicted octanol–water partition coefficient (Wildman–Crippen LogP) is 3.10. The molecule has 3 N–H and O–H groups in total. The summed E-state index contributed by atoms with van der Waals surface area (Å²) in [5.41, 5.74) is 1.98. The van der Waals surface area contributed by atoms with Crippen LogP contribution in [0.5, 0.6) is 0 Å². The van der Waals surface area contributed by atoms with E-state index >= 15 is 0 Å². The van der Waals surface area contributed by atoms with Gasteiger partial charge in [0, 0.05) is 28.8 Å². The van der Waals surface area contributed by atoms with Gasteiger partial charge < -0.3 is 20.3 Å². The number of carbonyl (C=O) groups excluding carboxylic acids is 1. The van der Waals surface area contributed by atoms with E-state index in [1.807, 2.05) is 38.1 Å². The smallest absolute Gasteiger partial charge is 0.321 e. The highest BCUT2D eigenvalue weighted by atomic mass is 16.3. The van der Waals surface area contributed by atoms with Crippen molar-refractivity contribution in [1.29, 1.82) is 0 Å². The van der Waals surface area contributed by atoms with Gasteiger partial charge in [0.15, 0.2) is 0 Å². The maximum Gasteiger partial charge on any atom is 0.321 e. The quantitative estimate of drug-likeness (QED) is 0.809. The molecule has 1 aromatic carbocycles. The van der Waals surface area contributed by atoms with Crippen LogP contribution >= 0.6 is 0 Å². The molecule has 2 aromatic rings. The lowest BCUT2D eigenvalue weighted by atomic mass is 10.1. The SMILES string of the molecule is CCN(CC(C)(C)O)C(=O)Nc1ccc2[nH]c(C)cc2c1. The highest BCUT2D eigenvalue weighted by Crippen LogP contribution is 2.20. The Bertz CT molecular complexity index is 640. The Morgan fingerprint density at radius 2 is 2.10 bits per heavy atom. The van der Waals surface area contributed by atoms with Crippen LogP contribution in [0.15, 0.2) is 24.3 Å². The number of rotatable bonds is 4. The highest BCUT2D eigenvalue weighted by Gasteiger charge is 2.21. The van der Waals surface area contributed by atoms with Crippen molar-refractivity contribution >= 4 is 22.6 Å². The van der Waals surface area contributed by atoms with Crippen molar-refractivity contribution in [3.63, 3.8) is 0 Å². The third-order valence-corrected chi connectivity index (χ3v) is 3.25.